The second-order valence-corrected chi connectivity index (χ2v) is 5.48. The monoisotopic (exact) mass is 301 g/mol. The van der Waals surface area contributed by atoms with Gasteiger partial charge < -0.3 is 10.1 Å². The third-order valence-corrected chi connectivity index (χ3v) is 3.32. The lowest BCUT2D eigenvalue weighted by Gasteiger charge is -2.29. The maximum Gasteiger partial charge on any atom is 0.261 e. The molecule has 1 unspecified atom stereocenters. The molecule has 0 aliphatic heterocycles. The number of carbonyl (C=O) groups excluding carboxylic acids is 1. The van der Waals surface area contributed by atoms with E-state index in [1.165, 1.54) is 0 Å². The van der Waals surface area contributed by atoms with Gasteiger partial charge in [0.1, 0.15) is 6.61 Å². The first-order valence-electron chi connectivity index (χ1n) is 5.06. The molecule has 96 valence electrons. The van der Waals surface area contributed by atoms with E-state index in [4.69, 9.17) is 0 Å². The summed E-state index contributed by atoms with van der Waals surface area (Å²) in [4.78, 5) is 11.5. The van der Waals surface area contributed by atoms with Crippen molar-refractivity contribution in [3.05, 3.63) is 0 Å². The van der Waals surface area contributed by atoms with E-state index in [-0.39, 0.29) is 29.3 Å². The molecule has 16 heavy (non-hydrogen) atoms. The van der Waals surface area contributed by atoms with Crippen LogP contribution in [-0.4, -0.2) is 35.9 Å². The molecule has 0 aliphatic rings. The molecule has 6 heteroatoms. The molecule has 1 amide bonds. The molecule has 0 bridgehead atoms. The summed E-state index contributed by atoms with van der Waals surface area (Å²) < 4.78 is 28.0. The Bertz CT molecular complexity index is 223. The van der Waals surface area contributed by atoms with Gasteiger partial charge in [-0.15, -0.1) is 0 Å². The Morgan fingerprint density at radius 3 is 2.50 bits per heavy atom. The molecule has 1 N–H and O–H groups in total. The smallest absolute Gasteiger partial charge is 0.261 e. The minimum Gasteiger partial charge on any atom is -0.375 e. The maximum absolute atomic E-state index is 11.7. The number of hydrogen-bond acceptors (Lipinski definition) is 2. The standard InChI is InChI=1S/C10H18BrF2NO2/c1-7(11)10(2,3)14-9(15)4-5-16-6-8(12)13/h7-8H,4-6H2,1-3H3,(H,14,15). The summed E-state index contributed by atoms with van der Waals surface area (Å²) in [5.74, 6) is -0.203. The van der Waals surface area contributed by atoms with E-state index in [1.54, 1.807) is 0 Å². The Morgan fingerprint density at radius 1 is 1.50 bits per heavy atom. The number of hydrogen-bond donors (Lipinski definition) is 1. The van der Waals surface area contributed by atoms with Crippen LogP contribution in [-0.2, 0) is 9.53 Å². The summed E-state index contributed by atoms with van der Waals surface area (Å²) in [6, 6.07) is 0. The Morgan fingerprint density at radius 2 is 2.06 bits per heavy atom. The highest BCUT2D eigenvalue weighted by Gasteiger charge is 2.25. The summed E-state index contributed by atoms with van der Waals surface area (Å²) in [7, 11) is 0. The van der Waals surface area contributed by atoms with E-state index in [0.29, 0.717) is 0 Å². The van der Waals surface area contributed by atoms with E-state index in [9.17, 15) is 13.6 Å². The van der Waals surface area contributed by atoms with E-state index >= 15 is 0 Å². The van der Waals surface area contributed by atoms with Crippen LogP contribution in [0.1, 0.15) is 27.2 Å². The minimum absolute atomic E-state index is 0.0168. The molecule has 3 nitrogen and oxygen atoms in total. The van der Waals surface area contributed by atoms with Crippen LogP contribution in [0, 0.1) is 0 Å². The lowest BCUT2D eigenvalue weighted by molar-refractivity contribution is -0.124. The van der Waals surface area contributed by atoms with Gasteiger partial charge in [0.15, 0.2) is 0 Å². The fourth-order valence-electron chi connectivity index (χ4n) is 0.859. The number of rotatable bonds is 7. The molecular formula is C10H18BrF2NO2. The largest absolute Gasteiger partial charge is 0.375 e. The van der Waals surface area contributed by atoms with Crippen LogP contribution in [0.4, 0.5) is 8.78 Å². The van der Waals surface area contributed by atoms with Crippen LogP contribution >= 0.6 is 15.9 Å². The van der Waals surface area contributed by atoms with Crippen molar-refractivity contribution in [2.45, 2.75) is 44.0 Å². The first kappa shape index (κ1) is 15.8. The highest BCUT2D eigenvalue weighted by atomic mass is 79.9. The molecule has 0 spiro atoms. The van der Waals surface area contributed by atoms with Gasteiger partial charge in [-0.25, -0.2) is 8.78 Å². The molecule has 0 aromatic rings. The Labute approximate surface area is 103 Å². The molecule has 0 fully saturated rings. The summed E-state index contributed by atoms with van der Waals surface area (Å²) in [5.41, 5.74) is -0.375. The summed E-state index contributed by atoms with van der Waals surface area (Å²) in [6.45, 7) is 5.08. The normalized spacial score (nSPS) is 13.9. The van der Waals surface area contributed by atoms with Crippen LogP contribution in [0.25, 0.3) is 0 Å². The maximum atomic E-state index is 11.7. The Hall–Kier alpha value is -0.230. The lowest BCUT2D eigenvalue weighted by Crippen LogP contribution is -2.49. The number of alkyl halides is 3. The molecule has 0 rings (SSSR count). The summed E-state index contributed by atoms with van der Waals surface area (Å²) in [5, 5.41) is 2.79. The average molecular weight is 302 g/mol. The number of carbonyl (C=O) groups is 1. The number of halogens is 3. The van der Waals surface area contributed by atoms with Crippen molar-refractivity contribution in [1.29, 1.82) is 0 Å². The third kappa shape index (κ3) is 7.11. The third-order valence-electron chi connectivity index (χ3n) is 2.17. The fraction of sp³-hybridized carbons (Fsp3) is 0.900. The van der Waals surface area contributed by atoms with Crippen molar-refractivity contribution >= 4 is 21.8 Å². The Balaban J connectivity index is 3.75. The number of amides is 1. The van der Waals surface area contributed by atoms with Gasteiger partial charge in [-0.1, -0.05) is 22.9 Å². The SMILES string of the molecule is CC(Br)C(C)(C)NC(=O)CCOCC(F)F. The zero-order valence-corrected chi connectivity index (χ0v) is 11.3. The molecule has 0 radical (unpaired) electrons. The second-order valence-electron chi connectivity index (χ2n) is 4.10. The molecule has 0 heterocycles. The van der Waals surface area contributed by atoms with Crippen molar-refractivity contribution in [2.75, 3.05) is 13.2 Å². The van der Waals surface area contributed by atoms with Crippen molar-refractivity contribution in [3.63, 3.8) is 0 Å². The van der Waals surface area contributed by atoms with Gasteiger partial charge in [-0.3, -0.25) is 4.79 Å². The van der Waals surface area contributed by atoms with E-state index in [0.717, 1.165) is 0 Å². The molecule has 0 aromatic heterocycles. The zero-order valence-electron chi connectivity index (χ0n) is 9.73. The van der Waals surface area contributed by atoms with Gasteiger partial charge in [-0.05, 0) is 13.8 Å². The van der Waals surface area contributed by atoms with Crippen molar-refractivity contribution in [3.8, 4) is 0 Å². The number of nitrogens with one attached hydrogen (secondary N) is 1. The van der Waals surface area contributed by atoms with E-state index < -0.39 is 13.0 Å². The summed E-state index contributed by atoms with van der Waals surface area (Å²) >= 11 is 3.38. The topological polar surface area (TPSA) is 38.3 Å². The van der Waals surface area contributed by atoms with E-state index in [2.05, 4.69) is 26.0 Å². The van der Waals surface area contributed by atoms with Gasteiger partial charge in [0.2, 0.25) is 5.91 Å². The van der Waals surface area contributed by atoms with Crippen molar-refractivity contribution in [1.82, 2.24) is 5.32 Å². The van der Waals surface area contributed by atoms with Gasteiger partial charge in [0.25, 0.3) is 6.43 Å². The fourth-order valence-corrected chi connectivity index (χ4v) is 0.973. The van der Waals surface area contributed by atoms with Gasteiger partial charge >= 0.3 is 0 Å². The van der Waals surface area contributed by atoms with Crippen LogP contribution in [0.5, 0.6) is 0 Å². The lowest BCUT2D eigenvalue weighted by atomic mass is 10.0. The molecule has 0 aliphatic carbocycles. The van der Waals surface area contributed by atoms with Crippen molar-refractivity contribution < 1.29 is 18.3 Å². The zero-order chi connectivity index (χ0) is 12.8. The minimum atomic E-state index is -2.48. The molecule has 1 atom stereocenters. The van der Waals surface area contributed by atoms with Crippen LogP contribution in [0.2, 0.25) is 0 Å². The summed E-state index contributed by atoms with van der Waals surface area (Å²) in [6.07, 6.45) is -2.39. The van der Waals surface area contributed by atoms with Crippen LogP contribution < -0.4 is 5.32 Å². The quantitative estimate of drug-likeness (QED) is 0.579. The van der Waals surface area contributed by atoms with Gasteiger partial charge in [0, 0.05) is 16.8 Å². The predicted molar refractivity (Wildman–Crippen MR) is 62.1 cm³/mol. The van der Waals surface area contributed by atoms with Gasteiger partial charge in [0.05, 0.1) is 6.61 Å². The predicted octanol–water partition coefficient (Wildman–Crippen LogP) is 2.34. The van der Waals surface area contributed by atoms with Gasteiger partial charge in [-0.2, -0.15) is 0 Å². The average Bonchev–Trinajstić information content (AvgIpc) is 2.11. The molecule has 0 saturated heterocycles. The molecular weight excluding hydrogens is 284 g/mol. The van der Waals surface area contributed by atoms with Crippen LogP contribution in [0.3, 0.4) is 0 Å². The highest BCUT2D eigenvalue weighted by Crippen LogP contribution is 2.16. The highest BCUT2D eigenvalue weighted by molar-refractivity contribution is 9.09. The van der Waals surface area contributed by atoms with E-state index in [1.807, 2.05) is 20.8 Å². The van der Waals surface area contributed by atoms with Crippen LogP contribution in [0.15, 0.2) is 0 Å². The molecule has 0 aromatic carbocycles. The first-order chi connectivity index (χ1) is 7.25. The number of ether oxygens (including phenoxy) is 1. The second kappa shape index (κ2) is 7.17. The Kier molecular flexibility index (Phi) is 7.06. The van der Waals surface area contributed by atoms with Crippen molar-refractivity contribution in [2.24, 2.45) is 0 Å². The first-order valence-corrected chi connectivity index (χ1v) is 5.98. The molecule has 0 saturated carbocycles.